The molecule has 2 heterocycles. The molecule has 1 aliphatic heterocycles. The molecule has 1 aliphatic rings. The van der Waals surface area contributed by atoms with E-state index in [9.17, 15) is 14.7 Å². The van der Waals surface area contributed by atoms with E-state index in [1.165, 1.54) is 0 Å². The van der Waals surface area contributed by atoms with E-state index in [0.29, 0.717) is 27.5 Å². The maximum atomic E-state index is 12.7. The first kappa shape index (κ1) is 22.5. The summed E-state index contributed by atoms with van der Waals surface area (Å²) in [6.07, 6.45) is 3.40. The van der Waals surface area contributed by atoms with E-state index in [1.807, 2.05) is 55.5 Å². The molecule has 0 fully saturated rings. The molecular weight excluding hydrogens is 462 g/mol. The lowest BCUT2D eigenvalue weighted by Crippen LogP contribution is -2.14. The highest BCUT2D eigenvalue weighted by molar-refractivity contribution is 6.54. The van der Waals surface area contributed by atoms with Crippen molar-refractivity contribution in [3.63, 3.8) is 0 Å². The number of nitrogens with zero attached hydrogens (tertiary/aromatic N) is 2. The Kier molecular flexibility index (Phi) is 5.89. The first-order valence-corrected chi connectivity index (χ1v) is 11.3. The molecule has 0 saturated carbocycles. The molecule has 0 unspecified atom stereocenters. The number of aromatic nitrogens is 1. The number of carboxylic acid groups (broad SMARTS) is 1. The molecule has 7 heteroatoms. The van der Waals surface area contributed by atoms with E-state index >= 15 is 0 Å². The minimum Gasteiger partial charge on any atom is -0.481 e. The first-order valence-electron chi connectivity index (χ1n) is 10.9. The Labute approximate surface area is 207 Å². The van der Waals surface area contributed by atoms with E-state index in [0.717, 1.165) is 27.8 Å². The minimum atomic E-state index is -0.920. The van der Waals surface area contributed by atoms with Crippen LogP contribution < -0.4 is 5.32 Å². The number of rotatable bonds is 5. The lowest BCUT2D eigenvalue weighted by atomic mass is 9.98. The zero-order valence-corrected chi connectivity index (χ0v) is 19.5. The van der Waals surface area contributed by atoms with Gasteiger partial charge in [-0.05, 0) is 71.1 Å². The Balaban J connectivity index is 1.53. The number of hydrogen-bond donors (Lipinski definition) is 2. The van der Waals surface area contributed by atoms with Crippen molar-refractivity contribution < 1.29 is 14.7 Å². The van der Waals surface area contributed by atoms with E-state index in [1.54, 1.807) is 30.6 Å². The quantitative estimate of drug-likeness (QED) is 0.361. The Bertz CT molecular complexity index is 1500. The molecular formula is C28H20ClN3O3. The van der Waals surface area contributed by atoms with Gasteiger partial charge in [0.1, 0.15) is 5.71 Å². The van der Waals surface area contributed by atoms with Crippen LogP contribution in [0.5, 0.6) is 0 Å². The summed E-state index contributed by atoms with van der Waals surface area (Å²) < 4.78 is 0. The Hall–Kier alpha value is -4.29. The predicted octanol–water partition coefficient (Wildman–Crippen LogP) is 6.08. The summed E-state index contributed by atoms with van der Waals surface area (Å²) in [6.45, 7) is 1.85. The van der Waals surface area contributed by atoms with E-state index in [-0.39, 0.29) is 18.0 Å². The van der Waals surface area contributed by atoms with Gasteiger partial charge in [0.2, 0.25) is 0 Å². The SMILES string of the molecule is Cc1ccc(N=C2C(=O)Nc3cc(Cl)c(-c4ccc(-c5ccncc5)cc4)cc32)cc1CC(=O)O. The lowest BCUT2D eigenvalue weighted by Gasteiger charge is -2.09. The largest absolute Gasteiger partial charge is 0.481 e. The van der Waals surface area contributed by atoms with Crippen LogP contribution in [-0.2, 0) is 16.0 Å². The fourth-order valence-electron chi connectivity index (χ4n) is 4.11. The van der Waals surface area contributed by atoms with Crippen molar-refractivity contribution in [3.8, 4) is 22.3 Å². The molecule has 2 N–H and O–H groups in total. The van der Waals surface area contributed by atoms with Crippen molar-refractivity contribution in [2.24, 2.45) is 4.99 Å². The van der Waals surface area contributed by atoms with Gasteiger partial charge in [-0.15, -0.1) is 0 Å². The van der Waals surface area contributed by atoms with Crippen LogP contribution in [-0.4, -0.2) is 27.7 Å². The van der Waals surface area contributed by atoms with Gasteiger partial charge in [0.05, 0.1) is 22.8 Å². The van der Waals surface area contributed by atoms with Crippen LogP contribution in [0.25, 0.3) is 22.3 Å². The van der Waals surface area contributed by atoms with Gasteiger partial charge in [-0.1, -0.05) is 41.9 Å². The molecule has 5 rings (SSSR count). The summed E-state index contributed by atoms with van der Waals surface area (Å²) in [5.74, 6) is -1.25. The van der Waals surface area contributed by atoms with Crippen LogP contribution in [0.4, 0.5) is 11.4 Å². The molecule has 4 aromatic rings. The van der Waals surface area contributed by atoms with E-state index < -0.39 is 5.97 Å². The molecule has 172 valence electrons. The highest BCUT2D eigenvalue weighted by Crippen LogP contribution is 2.37. The summed E-state index contributed by atoms with van der Waals surface area (Å²) in [7, 11) is 0. The normalized spacial score (nSPS) is 13.5. The Morgan fingerprint density at radius 1 is 0.943 bits per heavy atom. The lowest BCUT2D eigenvalue weighted by molar-refractivity contribution is -0.136. The second-order valence-corrected chi connectivity index (χ2v) is 8.69. The molecule has 0 aliphatic carbocycles. The second-order valence-electron chi connectivity index (χ2n) is 8.29. The molecule has 0 saturated heterocycles. The van der Waals surface area contributed by atoms with Gasteiger partial charge in [0.25, 0.3) is 5.91 Å². The number of nitrogens with one attached hydrogen (secondary N) is 1. The number of pyridine rings is 1. The number of hydrogen-bond acceptors (Lipinski definition) is 4. The number of aryl methyl sites for hydroxylation is 1. The Morgan fingerprint density at radius 2 is 1.63 bits per heavy atom. The van der Waals surface area contributed by atoms with Crippen LogP contribution >= 0.6 is 11.6 Å². The molecule has 0 radical (unpaired) electrons. The summed E-state index contributed by atoms with van der Waals surface area (Å²) in [6, 6.07) is 20.8. The minimum absolute atomic E-state index is 0.109. The Morgan fingerprint density at radius 3 is 2.34 bits per heavy atom. The van der Waals surface area contributed by atoms with Crippen LogP contribution in [0.15, 0.2) is 84.1 Å². The summed E-state index contributed by atoms with van der Waals surface area (Å²) in [5, 5.41) is 12.5. The van der Waals surface area contributed by atoms with Gasteiger partial charge >= 0.3 is 5.97 Å². The zero-order chi connectivity index (χ0) is 24.5. The number of aliphatic imine (C=N–C) groups is 1. The number of halogens is 1. The van der Waals surface area contributed by atoms with Crippen LogP contribution in [0, 0.1) is 6.92 Å². The fraction of sp³-hybridized carbons (Fsp3) is 0.0714. The van der Waals surface area contributed by atoms with Gasteiger partial charge in [-0.2, -0.15) is 0 Å². The molecule has 1 aromatic heterocycles. The molecule has 0 spiro atoms. The monoisotopic (exact) mass is 481 g/mol. The highest BCUT2D eigenvalue weighted by atomic mass is 35.5. The molecule has 3 aromatic carbocycles. The van der Waals surface area contributed by atoms with Gasteiger partial charge in [0.15, 0.2) is 0 Å². The fourth-order valence-corrected chi connectivity index (χ4v) is 4.38. The molecule has 0 bridgehead atoms. The van der Waals surface area contributed by atoms with Crippen molar-refractivity contribution >= 4 is 40.6 Å². The number of carboxylic acids is 1. The molecule has 6 nitrogen and oxygen atoms in total. The second kappa shape index (κ2) is 9.16. The van der Waals surface area contributed by atoms with Crippen LogP contribution in [0.3, 0.4) is 0 Å². The topological polar surface area (TPSA) is 91.7 Å². The predicted molar refractivity (Wildman–Crippen MR) is 137 cm³/mol. The number of benzene rings is 3. The smallest absolute Gasteiger partial charge is 0.307 e. The standard InChI is InChI=1S/C28H20ClN3O3/c1-16-2-7-21(12-20(16)13-26(33)34)31-27-23-14-22(24(29)15-25(23)32-28(27)35)19-5-3-17(4-6-19)18-8-10-30-11-9-18/h2-12,14-15H,13H2,1H3,(H,33,34)(H,31,32,35). The maximum absolute atomic E-state index is 12.7. The molecule has 0 atom stereocenters. The van der Waals surface area contributed by atoms with Gasteiger partial charge < -0.3 is 10.4 Å². The van der Waals surface area contributed by atoms with Crippen molar-refractivity contribution in [2.75, 3.05) is 5.32 Å². The number of amides is 1. The zero-order valence-electron chi connectivity index (χ0n) is 18.7. The summed E-state index contributed by atoms with van der Waals surface area (Å²) >= 11 is 6.59. The summed E-state index contributed by atoms with van der Waals surface area (Å²) in [5.41, 5.74) is 7.35. The van der Waals surface area contributed by atoms with Gasteiger partial charge in [0, 0.05) is 23.5 Å². The third-order valence-corrected chi connectivity index (χ3v) is 6.26. The van der Waals surface area contributed by atoms with E-state index in [4.69, 9.17) is 11.6 Å². The number of aliphatic carboxylic acids is 1. The maximum Gasteiger partial charge on any atom is 0.307 e. The number of carbonyl (C=O) groups is 2. The van der Waals surface area contributed by atoms with Crippen molar-refractivity contribution in [3.05, 3.63) is 101 Å². The number of carbonyl (C=O) groups excluding carboxylic acids is 1. The van der Waals surface area contributed by atoms with Crippen molar-refractivity contribution in [1.29, 1.82) is 0 Å². The average molecular weight is 482 g/mol. The van der Waals surface area contributed by atoms with Crippen LogP contribution in [0.2, 0.25) is 5.02 Å². The highest BCUT2D eigenvalue weighted by Gasteiger charge is 2.28. The van der Waals surface area contributed by atoms with Gasteiger partial charge in [-0.25, -0.2) is 4.99 Å². The van der Waals surface area contributed by atoms with Crippen molar-refractivity contribution in [2.45, 2.75) is 13.3 Å². The van der Waals surface area contributed by atoms with Crippen LogP contribution in [0.1, 0.15) is 16.7 Å². The molecule has 35 heavy (non-hydrogen) atoms. The molecule has 1 amide bonds. The van der Waals surface area contributed by atoms with E-state index in [2.05, 4.69) is 15.3 Å². The van der Waals surface area contributed by atoms with Crippen molar-refractivity contribution in [1.82, 2.24) is 4.98 Å². The average Bonchev–Trinajstić information content (AvgIpc) is 3.14. The summed E-state index contributed by atoms with van der Waals surface area (Å²) in [4.78, 5) is 32.6. The third-order valence-electron chi connectivity index (χ3n) is 5.95. The first-order chi connectivity index (χ1) is 16.9. The third kappa shape index (κ3) is 4.56. The number of anilines is 1. The van der Waals surface area contributed by atoms with Gasteiger partial charge in [-0.3, -0.25) is 14.6 Å². The number of fused-ring (bicyclic) bond motifs is 1.